The predicted octanol–water partition coefficient (Wildman–Crippen LogP) is 4.52. The number of amides is 1. The number of nitrogens with one attached hydrogen (secondary N) is 1. The number of thiazole rings is 2. The molecular formula is C15H12BrN3OS2. The summed E-state index contributed by atoms with van der Waals surface area (Å²) in [5, 5.41) is 8.24. The molecule has 1 aromatic carbocycles. The Balaban J connectivity index is 1.66. The SMILES string of the molecule is Cc1nc(CC(=O)Nc2nc(-c3ccc(Br)cc3)cs2)cs1. The van der Waals surface area contributed by atoms with Gasteiger partial charge in [-0.25, -0.2) is 9.97 Å². The van der Waals surface area contributed by atoms with Crippen LogP contribution >= 0.6 is 38.6 Å². The third-order valence-electron chi connectivity index (χ3n) is 2.90. The number of carbonyl (C=O) groups is 1. The molecule has 0 unspecified atom stereocenters. The van der Waals surface area contributed by atoms with Gasteiger partial charge in [-0.05, 0) is 19.1 Å². The number of hydrogen-bond donors (Lipinski definition) is 1. The molecule has 0 aliphatic carbocycles. The van der Waals surface area contributed by atoms with Crippen molar-refractivity contribution in [2.24, 2.45) is 0 Å². The Kier molecular flexibility index (Phi) is 4.66. The van der Waals surface area contributed by atoms with Gasteiger partial charge in [-0.15, -0.1) is 22.7 Å². The molecule has 1 amide bonds. The molecule has 112 valence electrons. The summed E-state index contributed by atoms with van der Waals surface area (Å²) in [6.07, 6.45) is 0.275. The van der Waals surface area contributed by atoms with E-state index in [1.165, 1.54) is 11.3 Å². The van der Waals surface area contributed by atoms with Gasteiger partial charge < -0.3 is 5.32 Å². The molecule has 7 heteroatoms. The zero-order valence-corrected chi connectivity index (χ0v) is 14.9. The third-order valence-corrected chi connectivity index (χ3v) is 5.01. The van der Waals surface area contributed by atoms with Crippen LogP contribution in [0.2, 0.25) is 0 Å². The van der Waals surface area contributed by atoms with Crippen molar-refractivity contribution in [3.05, 3.63) is 50.2 Å². The molecule has 0 atom stereocenters. The lowest BCUT2D eigenvalue weighted by molar-refractivity contribution is -0.115. The molecule has 1 N–H and O–H groups in total. The van der Waals surface area contributed by atoms with Crippen molar-refractivity contribution in [1.29, 1.82) is 0 Å². The van der Waals surface area contributed by atoms with Crippen molar-refractivity contribution in [2.75, 3.05) is 5.32 Å². The van der Waals surface area contributed by atoms with E-state index in [1.54, 1.807) is 11.3 Å². The van der Waals surface area contributed by atoms with Gasteiger partial charge in [0.05, 0.1) is 22.8 Å². The van der Waals surface area contributed by atoms with E-state index >= 15 is 0 Å². The van der Waals surface area contributed by atoms with E-state index in [4.69, 9.17) is 0 Å². The molecule has 0 bridgehead atoms. The number of benzene rings is 1. The standard InChI is InChI=1S/C15H12BrN3OS2/c1-9-17-12(7-21-9)6-14(20)19-15-18-13(8-22-15)10-2-4-11(16)5-3-10/h2-5,7-8H,6H2,1H3,(H,18,19,20). The van der Waals surface area contributed by atoms with Crippen molar-refractivity contribution >= 4 is 49.6 Å². The summed E-state index contributed by atoms with van der Waals surface area (Å²) in [5.41, 5.74) is 2.68. The summed E-state index contributed by atoms with van der Waals surface area (Å²) in [6, 6.07) is 7.92. The van der Waals surface area contributed by atoms with Crippen LogP contribution in [-0.4, -0.2) is 15.9 Å². The lowest BCUT2D eigenvalue weighted by Crippen LogP contribution is -2.14. The summed E-state index contributed by atoms with van der Waals surface area (Å²) in [6.45, 7) is 1.93. The Morgan fingerprint density at radius 2 is 1.95 bits per heavy atom. The van der Waals surface area contributed by atoms with E-state index in [9.17, 15) is 4.79 Å². The summed E-state index contributed by atoms with van der Waals surface area (Å²) in [4.78, 5) is 20.7. The van der Waals surface area contributed by atoms with Gasteiger partial charge >= 0.3 is 0 Å². The van der Waals surface area contributed by atoms with Gasteiger partial charge in [0, 0.05) is 20.8 Å². The number of halogens is 1. The Morgan fingerprint density at radius 1 is 1.18 bits per heavy atom. The molecule has 0 radical (unpaired) electrons. The van der Waals surface area contributed by atoms with Gasteiger partial charge in [0.1, 0.15) is 0 Å². The molecule has 0 fully saturated rings. The Labute approximate surface area is 144 Å². The summed E-state index contributed by atoms with van der Waals surface area (Å²) in [7, 11) is 0. The molecule has 3 aromatic rings. The molecule has 2 heterocycles. The fourth-order valence-corrected chi connectivity index (χ4v) is 3.51. The van der Waals surface area contributed by atoms with E-state index in [1.807, 2.05) is 41.9 Å². The minimum absolute atomic E-state index is 0.0954. The van der Waals surface area contributed by atoms with Crippen LogP contribution in [0.3, 0.4) is 0 Å². The summed E-state index contributed by atoms with van der Waals surface area (Å²) in [5.74, 6) is -0.0954. The average molecular weight is 394 g/mol. The molecule has 0 saturated heterocycles. The number of rotatable bonds is 4. The number of carbonyl (C=O) groups excluding carboxylic acids is 1. The lowest BCUT2D eigenvalue weighted by Gasteiger charge is -1.99. The normalized spacial score (nSPS) is 10.6. The van der Waals surface area contributed by atoms with Crippen LogP contribution in [0.4, 0.5) is 5.13 Å². The number of aryl methyl sites for hydroxylation is 1. The van der Waals surface area contributed by atoms with Gasteiger partial charge in [0.25, 0.3) is 0 Å². The number of nitrogens with zero attached hydrogens (tertiary/aromatic N) is 2. The van der Waals surface area contributed by atoms with Gasteiger partial charge in [-0.2, -0.15) is 0 Å². The Morgan fingerprint density at radius 3 is 2.64 bits per heavy atom. The first-order valence-electron chi connectivity index (χ1n) is 6.52. The number of anilines is 1. The molecular weight excluding hydrogens is 382 g/mol. The minimum atomic E-state index is -0.0954. The largest absolute Gasteiger partial charge is 0.302 e. The van der Waals surface area contributed by atoms with E-state index in [0.717, 1.165) is 26.4 Å². The maximum absolute atomic E-state index is 12.0. The molecule has 3 rings (SSSR count). The van der Waals surface area contributed by atoms with Crippen molar-refractivity contribution in [3.8, 4) is 11.3 Å². The Bertz CT molecular complexity index is 795. The molecule has 0 aliphatic rings. The second-order valence-electron chi connectivity index (χ2n) is 4.63. The third kappa shape index (κ3) is 3.79. The topological polar surface area (TPSA) is 54.9 Å². The smallest absolute Gasteiger partial charge is 0.232 e. The Hall–Kier alpha value is -1.57. The van der Waals surface area contributed by atoms with E-state index in [-0.39, 0.29) is 12.3 Å². The molecule has 2 aromatic heterocycles. The van der Waals surface area contributed by atoms with Crippen LogP contribution in [-0.2, 0) is 11.2 Å². The van der Waals surface area contributed by atoms with E-state index in [2.05, 4.69) is 31.2 Å². The van der Waals surface area contributed by atoms with E-state index < -0.39 is 0 Å². The van der Waals surface area contributed by atoms with Crippen LogP contribution in [0.1, 0.15) is 10.7 Å². The van der Waals surface area contributed by atoms with Crippen molar-refractivity contribution in [3.63, 3.8) is 0 Å². The van der Waals surface area contributed by atoms with Crippen LogP contribution in [0.15, 0.2) is 39.5 Å². The van der Waals surface area contributed by atoms with Crippen molar-refractivity contribution < 1.29 is 4.79 Å². The zero-order valence-electron chi connectivity index (χ0n) is 11.7. The summed E-state index contributed by atoms with van der Waals surface area (Å²) < 4.78 is 1.03. The fraction of sp³-hybridized carbons (Fsp3) is 0.133. The zero-order chi connectivity index (χ0) is 15.5. The molecule has 0 saturated carbocycles. The lowest BCUT2D eigenvalue weighted by atomic mass is 10.2. The predicted molar refractivity (Wildman–Crippen MR) is 94.4 cm³/mol. The first kappa shape index (κ1) is 15.3. The highest BCUT2D eigenvalue weighted by atomic mass is 79.9. The highest BCUT2D eigenvalue weighted by Gasteiger charge is 2.10. The fourth-order valence-electron chi connectivity index (χ4n) is 1.90. The minimum Gasteiger partial charge on any atom is -0.302 e. The van der Waals surface area contributed by atoms with Crippen LogP contribution < -0.4 is 5.32 Å². The van der Waals surface area contributed by atoms with Gasteiger partial charge in [0.2, 0.25) is 5.91 Å². The first-order chi connectivity index (χ1) is 10.6. The quantitative estimate of drug-likeness (QED) is 0.708. The molecule has 0 aliphatic heterocycles. The van der Waals surface area contributed by atoms with Crippen molar-refractivity contribution in [2.45, 2.75) is 13.3 Å². The maximum Gasteiger partial charge on any atom is 0.232 e. The van der Waals surface area contributed by atoms with E-state index in [0.29, 0.717) is 5.13 Å². The van der Waals surface area contributed by atoms with Crippen LogP contribution in [0.5, 0.6) is 0 Å². The van der Waals surface area contributed by atoms with Crippen LogP contribution in [0, 0.1) is 6.92 Å². The second kappa shape index (κ2) is 6.68. The first-order valence-corrected chi connectivity index (χ1v) is 9.08. The molecule has 0 spiro atoms. The monoisotopic (exact) mass is 393 g/mol. The van der Waals surface area contributed by atoms with Crippen molar-refractivity contribution in [1.82, 2.24) is 9.97 Å². The number of aromatic nitrogens is 2. The maximum atomic E-state index is 12.0. The second-order valence-corrected chi connectivity index (χ2v) is 7.46. The number of hydrogen-bond acceptors (Lipinski definition) is 5. The molecule has 22 heavy (non-hydrogen) atoms. The summed E-state index contributed by atoms with van der Waals surface area (Å²) >= 11 is 6.38. The van der Waals surface area contributed by atoms with Gasteiger partial charge in [-0.1, -0.05) is 28.1 Å². The van der Waals surface area contributed by atoms with Crippen LogP contribution in [0.25, 0.3) is 11.3 Å². The van der Waals surface area contributed by atoms with Gasteiger partial charge in [0.15, 0.2) is 5.13 Å². The van der Waals surface area contributed by atoms with Gasteiger partial charge in [-0.3, -0.25) is 4.79 Å². The molecule has 4 nitrogen and oxygen atoms in total. The average Bonchev–Trinajstić information content (AvgIpc) is 3.09. The highest BCUT2D eigenvalue weighted by Crippen LogP contribution is 2.26. The highest BCUT2D eigenvalue weighted by molar-refractivity contribution is 9.10.